The molecule has 0 N–H and O–H groups in total. The summed E-state index contributed by atoms with van der Waals surface area (Å²) in [6.07, 6.45) is 0.746. The number of aromatic nitrogens is 2. The van der Waals surface area contributed by atoms with Crippen LogP contribution in [0.2, 0.25) is 0 Å². The number of benzene rings is 2. The van der Waals surface area contributed by atoms with Crippen molar-refractivity contribution in [2.75, 3.05) is 7.11 Å². The second kappa shape index (κ2) is 9.21. The molecule has 0 radical (unpaired) electrons. The first-order valence-electron chi connectivity index (χ1n) is 9.42. The lowest BCUT2D eigenvalue weighted by Gasteiger charge is -2.14. The molecular weight excluding hydrogens is 450 g/mol. The summed E-state index contributed by atoms with van der Waals surface area (Å²) in [5.74, 6) is 0.500. The van der Waals surface area contributed by atoms with E-state index in [1.165, 1.54) is 18.0 Å². The third-order valence-corrected chi connectivity index (χ3v) is 4.91. The molecular formula is C22H22BrN3O4. The van der Waals surface area contributed by atoms with E-state index in [4.69, 9.17) is 9.47 Å². The molecule has 8 heteroatoms. The largest absolute Gasteiger partial charge is 0.478 e. The Hall–Kier alpha value is -3.00. The third kappa shape index (κ3) is 4.59. The molecule has 0 amide bonds. The number of fused-ring (bicyclic) bond motifs is 1. The Morgan fingerprint density at radius 2 is 1.93 bits per heavy atom. The van der Waals surface area contributed by atoms with E-state index in [0.717, 1.165) is 4.47 Å². The van der Waals surface area contributed by atoms with Gasteiger partial charge in [0.15, 0.2) is 6.10 Å². The van der Waals surface area contributed by atoms with E-state index in [0.29, 0.717) is 28.0 Å². The molecule has 0 aliphatic rings. The monoisotopic (exact) mass is 471 g/mol. The quantitative estimate of drug-likeness (QED) is 0.399. The van der Waals surface area contributed by atoms with Crippen LogP contribution in [0.15, 0.2) is 56.8 Å². The number of carbonyl (C=O) groups excluding carboxylic acids is 1. The lowest BCUT2D eigenvalue weighted by Crippen LogP contribution is -2.25. The molecule has 0 saturated carbocycles. The first-order chi connectivity index (χ1) is 14.3. The molecule has 1 aromatic heterocycles. The molecule has 7 nitrogen and oxygen atoms in total. The summed E-state index contributed by atoms with van der Waals surface area (Å²) >= 11 is 3.40. The van der Waals surface area contributed by atoms with Crippen LogP contribution in [0.3, 0.4) is 0 Å². The fraction of sp³-hybridized carbons (Fsp3) is 0.273. The van der Waals surface area contributed by atoms with E-state index in [1.54, 1.807) is 37.3 Å². The number of para-hydroxylation sites is 1. The van der Waals surface area contributed by atoms with Gasteiger partial charge in [-0.3, -0.25) is 4.79 Å². The van der Waals surface area contributed by atoms with E-state index in [-0.39, 0.29) is 11.5 Å². The van der Waals surface area contributed by atoms with Gasteiger partial charge in [-0.2, -0.15) is 9.78 Å². The van der Waals surface area contributed by atoms with Gasteiger partial charge in [0.2, 0.25) is 0 Å². The fourth-order valence-corrected chi connectivity index (χ4v) is 3.23. The SMILES string of the molecule is COC(=O)[C@H](C)Oc1ccccc1C=Nn1c(C(C)C)nc2ccc(Br)cc2c1=O. The van der Waals surface area contributed by atoms with Gasteiger partial charge in [-0.05, 0) is 37.3 Å². The number of nitrogens with zero attached hydrogens (tertiary/aromatic N) is 3. The Morgan fingerprint density at radius 3 is 2.63 bits per heavy atom. The summed E-state index contributed by atoms with van der Waals surface area (Å²) in [6.45, 7) is 5.51. The molecule has 0 aliphatic heterocycles. The summed E-state index contributed by atoms with van der Waals surface area (Å²) < 4.78 is 12.5. The maximum absolute atomic E-state index is 13.1. The normalized spacial score (nSPS) is 12.5. The van der Waals surface area contributed by atoms with Crippen LogP contribution < -0.4 is 10.3 Å². The maximum Gasteiger partial charge on any atom is 0.346 e. The van der Waals surface area contributed by atoms with Gasteiger partial charge in [0.25, 0.3) is 5.56 Å². The van der Waals surface area contributed by atoms with Crippen LogP contribution in [-0.4, -0.2) is 35.1 Å². The standard InChI is InChI=1S/C22H22BrN3O4/c1-13(2)20-25-18-10-9-16(23)11-17(18)21(27)26(20)24-12-15-7-5-6-8-19(15)30-14(3)22(28)29-4/h5-14H,1-4H3/t14-/m0/s1. The lowest BCUT2D eigenvalue weighted by atomic mass is 10.2. The van der Waals surface area contributed by atoms with Gasteiger partial charge in [-0.1, -0.05) is 41.9 Å². The van der Waals surface area contributed by atoms with Crippen molar-refractivity contribution in [3.05, 3.63) is 68.7 Å². The van der Waals surface area contributed by atoms with E-state index >= 15 is 0 Å². The number of rotatable bonds is 6. The lowest BCUT2D eigenvalue weighted by molar-refractivity contribution is -0.147. The molecule has 0 spiro atoms. The predicted octanol–water partition coefficient (Wildman–Crippen LogP) is 4.10. The highest BCUT2D eigenvalue weighted by atomic mass is 79.9. The van der Waals surface area contributed by atoms with Gasteiger partial charge in [0.05, 0.1) is 24.2 Å². The van der Waals surface area contributed by atoms with Gasteiger partial charge in [-0.25, -0.2) is 9.78 Å². The molecule has 1 heterocycles. The van der Waals surface area contributed by atoms with Crippen molar-refractivity contribution in [3.63, 3.8) is 0 Å². The van der Waals surface area contributed by atoms with Gasteiger partial charge in [0, 0.05) is 16.0 Å². The topological polar surface area (TPSA) is 82.8 Å². The minimum Gasteiger partial charge on any atom is -0.478 e. The van der Waals surface area contributed by atoms with Crippen LogP contribution in [0, 0.1) is 0 Å². The van der Waals surface area contributed by atoms with E-state index in [1.807, 2.05) is 26.0 Å². The molecule has 0 fully saturated rings. The Bertz CT molecular complexity index is 1170. The Labute approximate surface area is 182 Å². The highest BCUT2D eigenvalue weighted by Crippen LogP contribution is 2.20. The molecule has 156 valence electrons. The molecule has 2 aromatic carbocycles. The minimum atomic E-state index is -0.779. The number of hydrogen-bond donors (Lipinski definition) is 0. The Kier molecular flexibility index (Phi) is 6.66. The van der Waals surface area contributed by atoms with Crippen LogP contribution in [0.25, 0.3) is 10.9 Å². The second-order valence-electron chi connectivity index (χ2n) is 6.97. The predicted molar refractivity (Wildman–Crippen MR) is 119 cm³/mol. The van der Waals surface area contributed by atoms with Gasteiger partial charge >= 0.3 is 5.97 Å². The molecule has 3 rings (SSSR count). The zero-order valence-electron chi connectivity index (χ0n) is 17.1. The summed E-state index contributed by atoms with van der Waals surface area (Å²) in [6, 6.07) is 12.5. The molecule has 0 aliphatic carbocycles. The Morgan fingerprint density at radius 1 is 1.20 bits per heavy atom. The summed E-state index contributed by atoms with van der Waals surface area (Å²) in [5, 5.41) is 4.88. The zero-order valence-corrected chi connectivity index (χ0v) is 18.7. The van der Waals surface area contributed by atoms with Crippen molar-refractivity contribution >= 4 is 39.0 Å². The highest BCUT2D eigenvalue weighted by Gasteiger charge is 2.17. The van der Waals surface area contributed by atoms with Crippen molar-refractivity contribution < 1.29 is 14.3 Å². The number of methoxy groups -OCH3 is 1. The van der Waals surface area contributed by atoms with Crippen LogP contribution in [0.4, 0.5) is 0 Å². The minimum absolute atomic E-state index is 0.0197. The molecule has 0 bridgehead atoms. The van der Waals surface area contributed by atoms with Gasteiger partial charge in [-0.15, -0.1) is 0 Å². The highest BCUT2D eigenvalue weighted by molar-refractivity contribution is 9.10. The second-order valence-corrected chi connectivity index (χ2v) is 7.88. The molecule has 0 unspecified atom stereocenters. The van der Waals surface area contributed by atoms with Gasteiger partial charge < -0.3 is 9.47 Å². The van der Waals surface area contributed by atoms with Crippen LogP contribution in [0.1, 0.15) is 38.1 Å². The third-order valence-electron chi connectivity index (χ3n) is 4.42. The van der Waals surface area contributed by atoms with Crippen LogP contribution >= 0.6 is 15.9 Å². The number of halogens is 1. The smallest absolute Gasteiger partial charge is 0.346 e. The summed E-state index contributed by atoms with van der Waals surface area (Å²) in [4.78, 5) is 29.4. The average molecular weight is 472 g/mol. The van der Waals surface area contributed by atoms with E-state index in [2.05, 4.69) is 26.0 Å². The fourth-order valence-electron chi connectivity index (χ4n) is 2.87. The zero-order chi connectivity index (χ0) is 21.8. The van der Waals surface area contributed by atoms with Crippen molar-refractivity contribution in [2.45, 2.75) is 32.8 Å². The first-order valence-corrected chi connectivity index (χ1v) is 10.2. The summed E-state index contributed by atoms with van der Waals surface area (Å²) in [7, 11) is 1.31. The van der Waals surface area contributed by atoms with E-state index < -0.39 is 12.1 Å². The molecule has 1 atom stereocenters. The molecule has 30 heavy (non-hydrogen) atoms. The number of carbonyl (C=O) groups is 1. The van der Waals surface area contributed by atoms with Crippen LogP contribution in [-0.2, 0) is 9.53 Å². The molecule has 0 saturated heterocycles. The maximum atomic E-state index is 13.1. The number of ether oxygens (including phenoxy) is 2. The van der Waals surface area contributed by atoms with Gasteiger partial charge in [0.1, 0.15) is 11.6 Å². The summed E-state index contributed by atoms with van der Waals surface area (Å²) in [5.41, 5.74) is 0.973. The van der Waals surface area contributed by atoms with Crippen molar-refractivity contribution in [3.8, 4) is 5.75 Å². The Balaban J connectivity index is 2.06. The average Bonchev–Trinajstić information content (AvgIpc) is 2.73. The van der Waals surface area contributed by atoms with Crippen molar-refractivity contribution in [2.24, 2.45) is 5.10 Å². The van der Waals surface area contributed by atoms with E-state index in [9.17, 15) is 9.59 Å². The first kappa shape index (κ1) is 21.7. The van der Waals surface area contributed by atoms with Crippen LogP contribution in [0.5, 0.6) is 5.75 Å². The van der Waals surface area contributed by atoms with Crippen molar-refractivity contribution in [1.29, 1.82) is 0 Å². The number of hydrogen-bond acceptors (Lipinski definition) is 6. The number of esters is 1. The molecule has 3 aromatic rings. The van der Waals surface area contributed by atoms with Crippen molar-refractivity contribution in [1.82, 2.24) is 9.66 Å².